The van der Waals surface area contributed by atoms with Crippen molar-refractivity contribution >= 4 is 33.9 Å². The van der Waals surface area contributed by atoms with Gasteiger partial charge in [0.2, 0.25) is 0 Å². The second-order valence-corrected chi connectivity index (χ2v) is 6.75. The Morgan fingerprint density at radius 2 is 1.88 bits per heavy atom. The lowest BCUT2D eigenvalue weighted by molar-refractivity contribution is -0.122. The summed E-state index contributed by atoms with van der Waals surface area (Å²) in [5.74, 6) is -0.335. The van der Waals surface area contributed by atoms with Crippen LogP contribution in [0, 0.1) is 13.8 Å². The van der Waals surface area contributed by atoms with Crippen LogP contribution in [0.2, 0.25) is 0 Å². The molecule has 6 heteroatoms. The standard InChI is InChI=1S/C19H18BrN3O2/c1-4-9-22-18(24)17(21-19(22)25)11-14-10-12(2)23(13(14)3)16-7-5-15(20)6-8-16/h4-8,10-11H,1,9H2,2-3H3,(H,21,25)/b17-11-. The molecule has 5 nitrogen and oxygen atoms in total. The van der Waals surface area contributed by atoms with Crippen molar-refractivity contribution in [3.63, 3.8) is 0 Å². The van der Waals surface area contributed by atoms with Crippen LogP contribution in [-0.2, 0) is 4.79 Å². The molecule has 2 aromatic rings. The zero-order valence-corrected chi connectivity index (χ0v) is 15.6. The van der Waals surface area contributed by atoms with Gasteiger partial charge >= 0.3 is 6.03 Å². The third kappa shape index (κ3) is 3.17. The summed E-state index contributed by atoms with van der Waals surface area (Å²) in [6.45, 7) is 7.77. The first-order valence-corrected chi connectivity index (χ1v) is 8.62. The molecule has 0 radical (unpaired) electrons. The van der Waals surface area contributed by atoms with Crippen LogP contribution in [0.25, 0.3) is 11.8 Å². The monoisotopic (exact) mass is 399 g/mol. The van der Waals surface area contributed by atoms with Crippen LogP contribution >= 0.6 is 15.9 Å². The Morgan fingerprint density at radius 3 is 2.52 bits per heavy atom. The molecule has 1 saturated heterocycles. The van der Waals surface area contributed by atoms with Crippen molar-refractivity contribution in [3.8, 4) is 5.69 Å². The normalized spacial score (nSPS) is 15.8. The number of aryl methyl sites for hydroxylation is 1. The van der Waals surface area contributed by atoms with E-state index in [1.165, 1.54) is 6.08 Å². The van der Waals surface area contributed by atoms with E-state index >= 15 is 0 Å². The van der Waals surface area contributed by atoms with Gasteiger partial charge in [-0.25, -0.2) is 4.79 Å². The summed E-state index contributed by atoms with van der Waals surface area (Å²) >= 11 is 3.44. The number of carbonyl (C=O) groups excluding carboxylic acids is 2. The number of halogens is 1. The molecule has 3 amide bonds. The molecule has 25 heavy (non-hydrogen) atoms. The van der Waals surface area contributed by atoms with Crippen LogP contribution < -0.4 is 5.32 Å². The molecule has 0 saturated carbocycles. The molecule has 0 bridgehead atoms. The summed E-state index contributed by atoms with van der Waals surface area (Å²) in [5, 5.41) is 2.63. The van der Waals surface area contributed by atoms with Crippen molar-refractivity contribution in [1.82, 2.24) is 14.8 Å². The Balaban J connectivity index is 1.99. The number of rotatable bonds is 4. The van der Waals surface area contributed by atoms with E-state index in [-0.39, 0.29) is 18.1 Å². The third-order valence-electron chi connectivity index (χ3n) is 4.13. The van der Waals surface area contributed by atoms with Crippen LogP contribution in [0.15, 0.2) is 53.2 Å². The Morgan fingerprint density at radius 1 is 1.20 bits per heavy atom. The summed E-state index contributed by atoms with van der Waals surface area (Å²) in [6.07, 6.45) is 3.25. The highest BCUT2D eigenvalue weighted by molar-refractivity contribution is 9.10. The first-order valence-electron chi connectivity index (χ1n) is 7.82. The number of aromatic nitrogens is 1. The molecule has 1 aliphatic heterocycles. The lowest BCUT2D eigenvalue weighted by Gasteiger charge is -2.09. The number of urea groups is 1. The molecule has 0 spiro atoms. The highest BCUT2D eigenvalue weighted by Gasteiger charge is 2.32. The zero-order valence-electron chi connectivity index (χ0n) is 14.0. The highest BCUT2D eigenvalue weighted by Crippen LogP contribution is 2.24. The molecule has 1 aliphatic rings. The van der Waals surface area contributed by atoms with Gasteiger partial charge < -0.3 is 9.88 Å². The van der Waals surface area contributed by atoms with Gasteiger partial charge in [-0.05, 0) is 55.8 Å². The largest absolute Gasteiger partial charge is 0.329 e. The maximum absolute atomic E-state index is 12.3. The molecule has 1 aromatic heterocycles. The van der Waals surface area contributed by atoms with Gasteiger partial charge in [0.1, 0.15) is 5.70 Å². The number of benzene rings is 1. The summed E-state index contributed by atoms with van der Waals surface area (Å²) < 4.78 is 3.13. The van der Waals surface area contributed by atoms with Crippen LogP contribution in [0.4, 0.5) is 4.79 Å². The first kappa shape index (κ1) is 17.2. The van der Waals surface area contributed by atoms with Crippen molar-refractivity contribution < 1.29 is 9.59 Å². The molecule has 0 unspecified atom stereocenters. The second-order valence-electron chi connectivity index (χ2n) is 5.83. The molecule has 0 aliphatic carbocycles. The van der Waals surface area contributed by atoms with Gasteiger partial charge in [-0.3, -0.25) is 9.69 Å². The van der Waals surface area contributed by atoms with Gasteiger partial charge in [0.15, 0.2) is 0 Å². The lowest BCUT2D eigenvalue weighted by Crippen LogP contribution is -2.30. The quantitative estimate of drug-likeness (QED) is 0.480. The number of hydrogen-bond acceptors (Lipinski definition) is 2. The number of amides is 3. The average molecular weight is 400 g/mol. The van der Waals surface area contributed by atoms with Crippen molar-refractivity contribution in [3.05, 3.63) is 70.1 Å². The Kier molecular flexibility index (Phi) is 4.63. The fourth-order valence-electron chi connectivity index (χ4n) is 2.94. The van der Waals surface area contributed by atoms with E-state index in [0.717, 1.165) is 32.0 Å². The van der Waals surface area contributed by atoms with Crippen molar-refractivity contribution in [2.45, 2.75) is 13.8 Å². The van der Waals surface area contributed by atoms with Crippen molar-refractivity contribution in [1.29, 1.82) is 0 Å². The smallest absolute Gasteiger partial charge is 0.318 e. The number of nitrogens with one attached hydrogen (secondary N) is 1. The molecule has 1 fully saturated rings. The predicted molar refractivity (Wildman–Crippen MR) is 101 cm³/mol. The summed E-state index contributed by atoms with van der Waals surface area (Å²) in [6, 6.07) is 9.60. The van der Waals surface area contributed by atoms with E-state index < -0.39 is 6.03 Å². The second kappa shape index (κ2) is 6.72. The maximum atomic E-state index is 12.3. The lowest BCUT2D eigenvalue weighted by atomic mass is 10.2. The van der Waals surface area contributed by atoms with E-state index in [1.54, 1.807) is 6.08 Å². The molecule has 0 atom stereocenters. The summed E-state index contributed by atoms with van der Waals surface area (Å²) in [4.78, 5) is 25.3. The number of carbonyl (C=O) groups is 2. The van der Waals surface area contributed by atoms with Crippen LogP contribution in [0.1, 0.15) is 17.0 Å². The Hall–Kier alpha value is -2.60. The minimum Gasteiger partial charge on any atom is -0.318 e. The molecular weight excluding hydrogens is 382 g/mol. The topological polar surface area (TPSA) is 54.3 Å². The van der Waals surface area contributed by atoms with Gasteiger partial charge in [0.25, 0.3) is 5.91 Å². The molecule has 2 heterocycles. The predicted octanol–water partition coefficient (Wildman–Crippen LogP) is 3.94. The molecule has 1 aromatic carbocycles. The van der Waals surface area contributed by atoms with Gasteiger partial charge in [-0.15, -0.1) is 6.58 Å². The van der Waals surface area contributed by atoms with Gasteiger partial charge in [0, 0.05) is 28.1 Å². The molecule has 128 valence electrons. The summed E-state index contributed by atoms with van der Waals surface area (Å²) in [7, 11) is 0. The molecular formula is C19H18BrN3O2. The maximum Gasteiger partial charge on any atom is 0.329 e. The van der Waals surface area contributed by atoms with Gasteiger partial charge in [-0.2, -0.15) is 0 Å². The van der Waals surface area contributed by atoms with Crippen molar-refractivity contribution in [2.75, 3.05) is 6.54 Å². The fraction of sp³-hybridized carbons (Fsp3) is 0.158. The number of imide groups is 1. The van der Waals surface area contributed by atoms with Crippen LogP contribution in [-0.4, -0.2) is 28.0 Å². The van der Waals surface area contributed by atoms with E-state index in [1.807, 2.05) is 44.2 Å². The number of hydrogen-bond donors (Lipinski definition) is 1. The van der Waals surface area contributed by atoms with Gasteiger partial charge in [0.05, 0.1) is 0 Å². The average Bonchev–Trinajstić information content (AvgIpc) is 3.00. The molecule has 3 rings (SSSR count). The Labute approximate surface area is 154 Å². The highest BCUT2D eigenvalue weighted by atomic mass is 79.9. The first-order chi connectivity index (χ1) is 11.9. The third-order valence-corrected chi connectivity index (χ3v) is 4.66. The fourth-order valence-corrected chi connectivity index (χ4v) is 3.21. The van der Waals surface area contributed by atoms with E-state index in [4.69, 9.17) is 0 Å². The Bertz CT molecular complexity index is 894. The molecule has 1 N–H and O–H groups in total. The number of nitrogens with zero attached hydrogens (tertiary/aromatic N) is 2. The zero-order chi connectivity index (χ0) is 18.1. The van der Waals surface area contributed by atoms with Crippen LogP contribution in [0.3, 0.4) is 0 Å². The SMILES string of the molecule is C=CCN1C(=O)N/C(=C\c2cc(C)n(-c3ccc(Br)cc3)c2C)C1=O. The minimum absolute atomic E-state index is 0.194. The van der Waals surface area contributed by atoms with E-state index in [9.17, 15) is 9.59 Å². The van der Waals surface area contributed by atoms with Gasteiger partial charge in [-0.1, -0.05) is 22.0 Å². The minimum atomic E-state index is -0.419. The van der Waals surface area contributed by atoms with E-state index in [2.05, 4.69) is 32.4 Å². The van der Waals surface area contributed by atoms with Crippen molar-refractivity contribution in [2.24, 2.45) is 0 Å². The summed E-state index contributed by atoms with van der Waals surface area (Å²) in [5.41, 5.74) is 4.26. The van der Waals surface area contributed by atoms with Crippen LogP contribution in [0.5, 0.6) is 0 Å². The van der Waals surface area contributed by atoms with E-state index in [0.29, 0.717) is 0 Å².